The molecule has 1 aromatic heterocycles. The first-order chi connectivity index (χ1) is 15.0. The van der Waals surface area contributed by atoms with Crippen LogP contribution in [0.4, 0.5) is 11.6 Å². The molecule has 0 aliphatic carbocycles. The van der Waals surface area contributed by atoms with Gasteiger partial charge in [0.05, 0.1) is 24.8 Å². The van der Waals surface area contributed by atoms with Crippen molar-refractivity contribution in [2.75, 3.05) is 35.7 Å². The van der Waals surface area contributed by atoms with Crippen LogP contribution < -0.4 is 21.3 Å². The number of hydrogen-bond donors (Lipinski definition) is 3. The fourth-order valence-electron chi connectivity index (χ4n) is 2.48. The number of benzene rings is 2. The van der Waals surface area contributed by atoms with Gasteiger partial charge in [-0.1, -0.05) is 39.8 Å². The maximum Gasteiger partial charge on any atom is 0.264 e. The summed E-state index contributed by atoms with van der Waals surface area (Å²) in [6.07, 6.45) is 3.54. The summed E-state index contributed by atoms with van der Waals surface area (Å²) in [6, 6.07) is 13.2. The smallest absolute Gasteiger partial charge is 0.264 e. The van der Waals surface area contributed by atoms with Crippen molar-refractivity contribution < 1.29 is 9.53 Å². The number of carbonyl (C=O) groups is 1. The summed E-state index contributed by atoms with van der Waals surface area (Å²) in [5.41, 5.74) is 4.28. The lowest BCUT2D eigenvalue weighted by Gasteiger charge is -2.08. The molecule has 31 heavy (non-hydrogen) atoms. The third-order valence-electron chi connectivity index (χ3n) is 3.94. The second-order valence-electron chi connectivity index (χ2n) is 5.97. The predicted molar refractivity (Wildman–Crippen MR) is 130 cm³/mol. The summed E-state index contributed by atoms with van der Waals surface area (Å²) in [5.74, 6) is 6.90. The van der Waals surface area contributed by atoms with Crippen molar-refractivity contribution >= 4 is 63.2 Å². The van der Waals surface area contributed by atoms with Gasteiger partial charge in [0, 0.05) is 14.9 Å². The molecular weight excluding hydrogens is 502 g/mol. The average Bonchev–Trinajstić information content (AvgIpc) is 3.12. The SMILES string of the molecule is COc1ccc(Br)cc1/C=N/Nc1nnc(SCC(=O)Nc2ccccc2SC)n1N. The number of nitrogens with zero attached hydrogens (tertiary/aromatic N) is 4. The van der Waals surface area contributed by atoms with Crippen LogP contribution in [0.1, 0.15) is 5.56 Å². The highest BCUT2D eigenvalue weighted by atomic mass is 79.9. The number of hydrazone groups is 1. The van der Waals surface area contributed by atoms with E-state index in [4.69, 9.17) is 10.6 Å². The first-order valence-corrected chi connectivity index (χ1v) is 11.9. The van der Waals surface area contributed by atoms with E-state index in [0.717, 1.165) is 20.6 Å². The van der Waals surface area contributed by atoms with Gasteiger partial charge in [0.25, 0.3) is 5.95 Å². The largest absolute Gasteiger partial charge is 0.496 e. The van der Waals surface area contributed by atoms with Crippen LogP contribution in [0.5, 0.6) is 5.75 Å². The molecule has 0 unspecified atom stereocenters. The Balaban J connectivity index is 1.58. The molecule has 0 saturated carbocycles. The number of amides is 1. The quantitative estimate of drug-likeness (QED) is 0.169. The summed E-state index contributed by atoms with van der Waals surface area (Å²) < 4.78 is 7.44. The third-order valence-corrected chi connectivity index (χ3v) is 6.17. The normalized spacial score (nSPS) is 10.9. The van der Waals surface area contributed by atoms with Gasteiger partial charge >= 0.3 is 0 Å². The Morgan fingerprint density at radius 1 is 1.32 bits per heavy atom. The molecular formula is C19H20BrN7O2S2. The zero-order chi connectivity index (χ0) is 22.2. The monoisotopic (exact) mass is 521 g/mol. The Morgan fingerprint density at radius 3 is 2.90 bits per heavy atom. The number of nitrogen functional groups attached to an aromatic ring is 1. The summed E-state index contributed by atoms with van der Waals surface area (Å²) in [7, 11) is 1.59. The molecule has 162 valence electrons. The first kappa shape index (κ1) is 23.0. The molecule has 3 rings (SSSR count). The molecule has 2 aromatic carbocycles. The Bertz CT molecular complexity index is 1090. The van der Waals surface area contributed by atoms with Crippen LogP contribution >= 0.6 is 39.5 Å². The fraction of sp³-hybridized carbons (Fsp3) is 0.158. The molecule has 0 aliphatic rings. The number of ether oxygens (including phenoxy) is 1. The molecule has 4 N–H and O–H groups in total. The Hall–Kier alpha value is -2.70. The second kappa shape index (κ2) is 11.1. The number of thioether (sulfide) groups is 2. The van der Waals surface area contributed by atoms with Crippen LogP contribution in [0.2, 0.25) is 0 Å². The second-order valence-corrected chi connectivity index (χ2v) is 8.68. The van der Waals surface area contributed by atoms with Gasteiger partial charge in [-0.2, -0.15) is 5.10 Å². The Labute approximate surface area is 196 Å². The van der Waals surface area contributed by atoms with E-state index in [1.165, 1.54) is 16.4 Å². The van der Waals surface area contributed by atoms with Gasteiger partial charge in [-0.25, -0.2) is 10.1 Å². The lowest BCUT2D eigenvalue weighted by Crippen LogP contribution is -2.17. The number of halogens is 1. The average molecular weight is 522 g/mol. The van der Waals surface area contributed by atoms with Crippen molar-refractivity contribution in [3.63, 3.8) is 0 Å². The van der Waals surface area contributed by atoms with E-state index in [1.807, 2.05) is 48.7 Å². The van der Waals surface area contributed by atoms with E-state index >= 15 is 0 Å². The number of nitrogens with two attached hydrogens (primary N) is 1. The summed E-state index contributed by atoms with van der Waals surface area (Å²) >= 11 is 6.15. The number of aromatic nitrogens is 3. The molecule has 12 heteroatoms. The molecule has 1 amide bonds. The summed E-state index contributed by atoms with van der Waals surface area (Å²) in [6.45, 7) is 0. The molecule has 1 heterocycles. The van der Waals surface area contributed by atoms with E-state index in [1.54, 1.807) is 25.1 Å². The minimum absolute atomic E-state index is 0.135. The number of anilines is 2. The van der Waals surface area contributed by atoms with Gasteiger partial charge < -0.3 is 15.9 Å². The van der Waals surface area contributed by atoms with Crippen molar-refractivity contribution in [1.29, 1.82) is 0 Å². The van der Waals surface area contributed by atoms with Gasteiger partial charge in [0.15, 0.2) is 0 Å². The van der Waals surface area contributed by atoms with Crippen molar-refractivity contribution in [3.8, 4) is 5.75 Å². The van der Waals surface area contributed by atoms with Crippen LogP contribution in [0, 0.1) is 0 Å². The topological polar surface area (TPSA) is 119 Å². The molecule has 0 saturated heterocycles. The van der Waals surface area contributed by atoms with E-state index in [9.17, 15) is 4.79 Å². The molecule has 0 fully saturated rings. The molecule has 0 radical (unpaired) electrons. The van der Waals surface area contributed by atoms with Crippen LogP contribution in [0.3, 0.4) is 0 Å². The number of rotatable bonds is 9. The van der Waals surface area contributed by atoms with Crippen molar-refractivity contribution in [3.05, 3.63) is 52.5 Å². The van der Waals surface area contributed by atoms with E-state index in [2.05, 4.69) is 42.0 Å². The van der Waals surface area contributed by atoms with Gasteiger partial charge in [-0.05, 0) is 36.6 Å². The highest BCUT2D eigenvalue weighted by Gasteiger charge is 2.13. The standard InChI is InChI=1S/C19H20BrN7O2S2/c1-29-15-8-7-13(20)9-12(15)10-22-24-18-25-26-19(27(18)21)31-11-17(28)23-14-5-3-4-6-16(14)30-2/h3-10H,11,21H2,1-2H3,(H,23,28)(H,24,25)/b22-10+. The lowest BCUT2D eigenvalue weighted by atomic mass is 10.2. The highest BCUT2D eigenvalue weighted by molar-refractivity contribution is 9.10. The molecule has 0 bridgehead atoms. The Morgan fingerprint density at radius 2 is 2.13 bits per heavy atom. The first-order valence-electron chi connectivity index (χ1n) is 8.90. The van der Waals surface area contributed by atoms with Crippen molar-refractivity contribution in [2.24, 2.45) is 5.10 Å². The minimum atomic E-state index is -0.163. The van der Waals surface area contributed by atoms with E-state index < -0.39 is 0 Å². The number of para-hydroxylation sites is 1. The molecule has 0 aliphatic heterocycles. The van der Waals surface area contributed by atoms with E-state index in [0.29, 0.717) is 10.9 Å². The number of nitrogens with one attached hydrogen (secondary N) is 2. The molecule has 9 nitrogen and oxygen atoms in total. The van der Waals surface area contributed by atoms with Crippen LogP contribution in [0.15, 0.2) is 62.1 Å². The van der Waals surface area contributed by atoms with Crippen molar-refractivity contribution in [2.45, 2.75) is 10.1 Å². The van der Waals surface area contributed by atoms with Gasteiger partial charge in [0.1, 0.15) is 5.75 Å². The van der Waals surface area contributed by atoms with E-state index in [-0.39, 0.29) is 17.6 Å². The number of carbonyl (C=O) groups excluding carboxylic acids is 1. The number of hydrogen-bond acceptors (Lipinski definition) is 9. The van der Waals surface area contributed by atoms with Gasteiger partial charge in [0.2, 0.25) is 11.1 Å². The maximum atomic E-state index is 12.3. The summed E-state index contributed by atoms with van der Waals surface area (Å²) in [4.78, 5) is 13.3. The van der Waals surface area contributed by atoms with Crippen LogP contribution in [0.25, 0.3) is 0 Å². The predicted octanol–water partition coefficient (Wildman–Crippen LogP) is 3.66. The molecule has 0 atom stereocenters. The third kappa shape index (κ3) is 6.15. The fourth-order valence-corrected chi connectivity index (χ4v) is 4.07. The van der Waals surface area contributed by atoms with Crippen LogP contribution in [-0.2, 0) is 4.79 Å². The zero-order valence-electron chi connectivity index (χ0n) is 16.7. The minimum Gasteiger partial charge on any atom is -0.496 e. The zero-order valence-corrected chi connectivity index (χ0v) is 19.9. The van der Waals surface area contributed by atoms with Gasteiger partial charge in [-0.3, -0.25) is 4.79 Å². The van der Waals surface area contributed by atoms with Crippen molar-refractivity contribution in [1.82, 2.24) is 14.9 Å². The highest BCUT2D eigenvalue weighted by Crippen LogP contribution is 2.25. The maximum absolute atomic E-state index is 12.3. The van der Waals surface area contributed by atoms with Crippen LogP contribution in [-0.4, -0.2) is 46.1 Å². The molecule has 0 spiro atoms. The summed E-state index contributed by atoms with van der Waals surface area (Å²) in [5, 5.41) is 15.4. The number of methoxy groups -OCH3 is 1. The van der Waals surface area contributed by atoms with Gasteiger partial charge in [-0.15, -0.1) is 22.0 Å². The molecule has 3 aromatic rings. The lowest BCUT2D eigenvalue weighted by molar-refractivity contribution is -0.113. The Kier molecular flexibility index (Phi) is 8.20.